The molecule has 0 amide bonds. The first-order valence-electron chi connectivity index (χ1n) is 14.1. The molecular formula is C36H34N2. The molecule has 2 N–H and O–H groups in total. The highest BCUT2D eigenvalue weighted by Crippen LogP contribution is 2.31. The quantitative estimate of drug-likeness (QED) is 0.227. The first-order valence-corrected chi connectivity index (χ1v) is 14.1. The van der Waals surface area contributed by atoms with Gasteiger partial charge in [0.2, 0.25) is 0 Å². The highest BCUT2D eigenvalue weighted by Gasteiger charge is 2.25. The third-order valence-electron chi connectivity index (χ3n) is 8.61. The van der Waals surface area contributed by atoms with Crippen LogP contribution in [-0.4, -0.2) is 12.1 Å². The van der Waals surface area contributed by atoms with Crippen molar-refractivity contribution >= 4 is 43.1 Å². The first kappa shape index (κ1) is 23.4. The zero-order chi connectivity index (χ0) is 25.3. The van der Waals surface area contributed by atoms with Gasteiger partial charge in [-0.2, -0.15) is 0 Å². The summed E-state index contributed by atoms with van der Waals surface area (Å²) in [6.45, 7) is 1.78. The van der Waals surface area contributed by atoms with Gasteiger partial charge in [0, 0.05) is 25.2 Å². The molecule has 0 aliphatic heterocycles. The van der Waals surface area contributed by atoms with Crippen LogP contribution in [-0.2, 0) is 13.1 Å². The van der Waals surface area contributed by atoms with Crippen molar-refractivity contribution in [3.05, 3.63) is 120 Å². The number of benzene rings is 6. The van der Waals surface area contributed by atoms with Crippen molar-refractivity contribution in [2.75, 3.05) is 0 Å². The van der Waals surface area contributed by atoms with Crippen molar-refractivity contribution in [1.29, 1.82) is 0 Å². The molecule has 0 radical (unpaired) electrons. The highest BCUT2D eigenvalue weighted by molar-refractivity contribution is 6.03. The molecule has 0 bridgehead atoms. The van der Waals surface area contributed by atoms with Gasteiger partial charge in [-0.1, -0.05) is 110 Å². The second kappa shape index (κ2) is 10.2. The van der Waals surface area contributed by atoms with Crippen LogP contribution < -0.4 is 10.6 Å². The van der Waals surface area contributed by atoms with E-state index in [-0.39, 0.29) is 0 Å². The van der Waals surface area contributed by atoms with E-state index in [1.165, 1.54) is 79.9 Å². The zero-order valence-electron chi connectivity index (χ0n) is 21.8. The Morgan fingerprint density at radius 1 is 0.447 bits per heavy atom. The van der Waals surface area contributed by atoms with Crippen LogP contribution in [0.25, 0.3) is 43.1 Å². The fourth-order valence-corrected chi connectivity index (χ4v) is 6.68. The number of nitrogens with one attached hydrogen (secondary N) is 2. The Morgan fingerprint density at radius 2 is 0.763 bits per heavy atom. The van der Waals surface area contributed by atoms with Gasteiger partial charge >= 0.3 is 0 Å². The summed E-state index contributed by atoms with van der Waals surface area (Å²) in [4.78, 5) is 0. The van der Waals surface area contributed by atoms with Crippen molar-refractivity contribution in [1.82, 2.24) is 10.6 Å². The average Bonchev–Trinajstić information content (AvgIpc) is 2.98. The van der Waals surface area contributed by atoms with Crippen molar-refractivity contribution < 1.29 is 0 Å². The maximum absolute atomic E-state index is 4.02. The largest absolute Gasteiger partial charge is 0.308 e. The van der Waals surface area contributed by atoms with Crippen LogP contribution in [0, 0.1) is 0 Å². The smallest absolute Gasteiger partial charge is 0.0224 e. The Bertz CT molecular complexity index is 1510. The normalized spacial score (nSPS) is 18.0. The van der Waals surface area contributed by atoms with Crippen LogP contribution in [0.5, 0.6) is 0 Å². The van der Waals surface area contributed by atoms with Gasteiger partial charge in [-0.25, -0.2) is 0 Å². The molecule has 0 aromatic heterocycles. The minimum atomic E-state index is 0.461. The van der Waals surface area contributed by atoms with Crippen LogP contribution in [0.1, 0.15) is 36.8 Å². The Hall–Kier alpha value is -3.72. The zero-order valence-corrected chi connectivity index (χ0v) is 21.8. The topological polar surface area (TPSA) is 24.1 Å². The second-order valence-electron chi connectivity index (χ2n) is 10.9. The lowest BCUT2D eigenvalue weighted by Gasteiger charge is -2.34. The van der Waals surface area contributed by atoms with Crippen molar-refractivity contribution in [2.45, 2.75) is 50.9 Å². The lowest BCUT2D eigenvalue weighted by molar-refractivity contribution is 0.282. The van der Waals surface area contributed by atoms with E-state index >= 15 is 0 Å². The van der Waals surface area contributed by atoms with Gasteiger partial charge in [0.25, 0.3) is 0 Å². The third kappa shape index (κ3) is 4.34. The maximum Gasteiger partial charge on any atom is 0.0224 e. The SMILES string of the molecule is c1ccc2c(CNC3CCCCC3NCc3c4ccccc4cc4ccccc34)c3ccccc3cc2c1. The molecule has 2 nitrogen and oxygen atoms in total. The van der Waals surface area contributed by atoms with E-state index in [4.69, 9.17) is 0 Å². The number of fused-ring (bicyclic) bond motifs is 4. The Kier molecular flexibility index (Phi) is 6.29. The molecule has 2 atom stereocenters. The van der Waals surface area contributed by atoms with Gasteiger partial charge < -0.3 is 10.6 Å². The first-order chi connectivity index (χ1) is 18.8. The summed E-state index contributed by atoms with van der Waals surface area (Å²) >= 11 is 0. The average molecular weight is 495 g/mol. The molecule has 1 aliphatic rings. The second-order valence-corrected chi connectivity index (χ2v) is 10.9. The summed E-state index contributed by atoms with van der Waals surface area (Å²) in [5.41, 5.74) is 2.84. The molecule has 1 fully saturated rings. The lowest BCUT2D eigenvalue weighted by atomic mass is 9.89. The van der Waals surface area contributed by atoms with Gasteiger partial charge in [-0.15, -0.1) is 0 Å². The molecule has 0 spiro atoms. The van der Waals surface area contributed by atoms with E-state index in [1.807, 2.05) is 0 Å². The van der Waals surface area contributed by atoms with Crippen LogP contribution >= 0.6 is 0 Å². The van der Waals surface area contributed by atoms with Crippen LogP contribution in [0.4, 0.5) is 0 Å². The minimum Gasteiger partial charge on any atom is -0.308 e. The lowest BCUT2D eigenvalue weighted by Crippen LogP contribution is -2.49. The van der Waals surface area contributed by atoms with Gasteiger partial charge in [-0.05, 0) is 79.2 Å². The van der Waals surface area contributed by atoms with Crippen LogP contribution in [0.2, 0.25) is 0 Å². The fourth-order valence-electron chi connectivity index (χ4n) is 6.68. The van der Waals surface area contributed by atoms with Crippen LogP contribution in [0.3, 0.4) is 0 Å². The summed E-state index contributed by atoms with van der Waals surface area (Å²) in [5, 5.41) is 18.8. The molecule has 1 saturated carbocycles. The number of rotatable bonds is 6. The predicted octanol–water partition coefficient (Wildman–Crippen LogP) is 8.49. The molecule has 7 rings (SSSR count). The molecule has 38 heavy (non-hydrogen) atoms. The number of hydrogen-bond donors (Lipinski definition) is 2. The summed E-state index contributed by atoms with van der Waals surface area (Å²) in [7, 11) is 0. The summed E-state index contributed by atoms with van der Waals surface area (Å²) in [5.74, 6) is 0. The van der Waals surface area contributed by atoms with E-state index in [0.717, 1.165) is 13.1 Å². The van der Waals surface area contributed by atoms with E-state index in [2.05, 4.69) is 120 Å². The van der Waals surface area contributed by atoms with Crippen LogP contribution in [0.15, 0.2) is 109 Å². The highest BCUT2D eigenvalue weighted by atomic mass is 15.0. The van der Waals surface area contributed by atoms with Gasteiger partial charge in [0.05, 0.1) is 0 Å². The standard InChI is InChI=1S/C36H34N2/c1-5-15-29-25(11-1)21-26-12-2-6-16-30(26)33(29)23-37-35-19-9-10-20-36(35)38-24-34-31-17-7-3-13-27(31)22-28-14-4-8-18-32(28)34/h1-8,11-18,21-22,35-38H,9-10,19-20,23-24H2. The Balaban J connectivity index is 1.17. The summed E-state index contributed by atoms with van der Waals surface area (Å²) in [6, 6.07) is 40.9. The monoisotopic (exact) mass is 494 g/mol. The van der Waals surface area contributed by atoms with E-state index in [0.29, 0.717) is 12.1 Å². The van der Waals surface area contributed by atoms with Gasteiger partial charge in [-0.3, -0.25) is 0 Å². The molecule has 6 aromatic carbocycles. The predicted molar refractivity (Wildman–Crippen MR) is 163 cm³/mol. The molecular weight excluding hydrogens is 460 g/mol. The fraction of sp³-hybridized carbons (Fsp3) is 0.222. The molecule has 2 unspecified atom stereocenters. The molecule has 0 saturated heterocycles. The summed E-state index contributed by atoms with van der Waals surface area (Å²) < 4.78 is 0. The Morgan fingerprint density at radius 3 is 1.11 bits per heavy atom. The summed E-state index contributed by atoms with van der Waals surface area (Å²) in [6.07, 6.45) is 5.03. The van der Waals surface area contributed by atoms with Crippen molar-refractivity contribution in [3.8, 4) is 0 Å². The Labute approximate surface area is 224 Å². The van der Waals surface area contributed by atoms with Crippen molar-refractivity contribution in [2.24, 2.45) is 0 Å². The molecule has 2 heteroatoms. The molecule has 6 aromatic rings. The van der Waals surface area contributed by atoms with Crippen molar-refractivity contribution in [3.63, 3.8) is 0 Å². The number of hydrogen-bond acceptors (Lipinski definition) is 2. The molecule has 1 aliphatic carbocycles. The van der Waals surface area contributed by atoms with E-state index < -0.39 is 0 Å². The third-order valence-corrected chi connectivity index (χ3v) is 8.61. The van der Waals surface area contributed by atoms with Gasteiger partial charge in [0.15, 0.2) is 0 Å². The molecule has 0 heterocycles. The molecule has 188 valence electrons. The van der Waals surface area contributed by atoms with E-state index in [9.17, 15) is 0 Å². The van der Waals surface area contributed by atoms with E-state index in [1.54, 1.807) is 0 Å². The van der Waals surface area contributed by atoms with Gasteiger partial charge in [0.1, 0.15) is 0 Å². The maximum atomic E-state index is 4.02. The minimum absolute atomic E-state index is 0.461.